The number of rotatable bonds is 6. The molecule has 0 saturated heterocycles. The second kappa shape index (κ2) is 10.1. The lowest BCUT2D eigenvalue weighted by Gasteiger charge is -2.37. The Morgan fingerprint density at radius 1 is 1.21 bits per heavy atom. The summed E-state index contributed by atoms with van der Waals surface area (Å²) in [6, 6.07) is 9.03. The van der Waals surface area contributed by atoms with Crippen LogP contribution in [-0.2, 0) is 23.6 Å². The zero-order valence-corrected chi connectivity index (χ0v) is 23.2. The topological polar surface area (TPSA) is 125 Å². The Balaban J connectivity index is 1.43. The van der Waals surface area contributed by atoms with Crippen molar-refractivity contribution in [2.24, 2.45) is 5.92 Å². The molecule has 3 aliphatic rings. The molecule has 2 atom stereocenters. The van der Waals surface area contributed by atoms with Gasteiger partial charge in [0.25, 0.3) is 11.8 Å². The number of hydrogen-bond acceptors (Lipinski definition) is 6. The standard InChI is InChI=1S/C32H31F2N5O3/c1-3-28(40)19-6-8-24-30-26(39(37-24)25-9-7-18(14-29(25)41)17-4-5-17)10-11-38(27(30)13-19)31(42)21-12-20(16-35)22(15-23(21)36)32(2,33)34/h3,7,9,12,14-15,17,19,27,41H,1,4-6,8,10-11,13,36H2,2H3. The first-order valence-corrected chi connectivity index (χ1v) is 14.1. The summed E-state index contributed by atoms with van der Waals surface area (Å²) in [5.74, 6) is -3.72. The molecule has 1 amide bonds. The van der Waals surface area contributed by atoms with Crippen molar-refractivity contribution in [3.63, 3.8) is 0 Å². The molecule has 1 fully saturated rings. The van der Waals surface area contributed by atoms with Crippen LogP contribution in [0.25, 0.3) is 5.69 Å². The van der Waals surface area contributed by atoms with Gasteiger partial charge in [0.1, 0.15) is 11.4 Å². The molecule has 8 nitrogen and oxygen atoms in total. The summed E-state index contributed by atoms with van der Waals surface area (Å²) >= 11 is 0. The van der Waals surface area contributed by atoms with Gasteiger partial charge < -0.3 is 15.7 Å². The van der Waals surface area contributed by atoms with E-state index in [1.54, 1.807) is 21.7 Å². The predicted octanol–water partition coefficient (Wildman–Crippen LogP) is 5.47. The fraction of sp³-hybridized carbons (Fsp3) is 0.375. The fourth-order valence-corrected chi connectivity index (χ4v) is 6.48. The maximum absolute atomic E-state index is 14.2. The number of aromatic hydroxyl groups is 1. The van der Waals surface area contributed by atoms with Gasteiger partial charge in [0.2, 0.25) is 0 Å². The molecule has 0 spiro atoms. The first-order chi connectivity index (χ1) is 20.0. The average molecular weight is 572 g/mol. The maximum atomic E-state index is 14.2. The summed E-state index contributed by atoms with van der Waals surface area (Å²) in [5, 5.41) is 25.4. The molecule has 1 saturated carbocycles. The summed E-state index contributed by atoms with van der Waals surface area (Å²) in [7, 11) is 0. The van der Waals surface area contributed by atoms with E-state index in [1.165, 1.54) is 6.08 Å². The van der Waals surface area contributed by atoms with E-state index in [0.29, 0.717) is 44.2 Å². The van der Waals surface area contributed by atoms with Gasteiger partial charge in [-0.1, -0.05) is 12.6 Å². The van der Waals surface area contributed by atoms with Crippen molar-refractivity contribution in [1.82, 2.24) is 14.7 Å². The highest BCUT2D eigenvalue weighted by molar-refractivity contribution is 6.00. The van der Waals surface area contributed by atoms with E-state index in [0.717, 1.165) is 47.5 Å². The van der Waals surface area contributed by atoms with E-state index in [1.807, 2.05) is 12.1 Å². The van der Waals surface area contributed by atoms with Crippen LogP contribution in [0, 0.1) is 17.2 Å². The number of halogens is 2. The molecular weight excluding hydrogens is 540 g/mol. The molecule has 2 aromatic carbocycles. The summed E-state index contributed by atoms with van der Waals surface area (Å²) in [5.41, 5.74) is 9.16. The molecular formula is C32H31F2N5O3. The Morgan fingerprint density at radius 2 is 1.98 bits per heavy atom. The lowest BCUT2D eigenvalue weighted by Crippen LogP contribution is -2.41. The molecule has 1 aromatic heterocycles. The second-order valence-corrected chi connectivity index (χ2v) is 11.6. The highest BCUT2D eigenvalue weighted by Crippen LogP contribution is 2.45. The normalized spacial score (nSPS) is 19.9. The third-order valence-electron chi connectivity index (χ3n) is 8.79. The zero-order valence-electron chi connectivity index (χ0n) is 23.2. The number of nitriles is 1. The summed E-state index contributed by atoms with van der Waals surface area (Å²) in [4.78, 5) is 28.4. The number of phenols is 1. The van der Waals surface area contributed by atoms with Crippen LogP contribution in [0.3, 0.4) is 0 Å². The van der Waals surface area contributed by atoms with Gasteiger partial charge in [-0.15, -0.1) is 0 Å². The number of anilines is 1. The predicted molar refractivity (Wildman–Crippen MR) is 151 cm³/mol. The maximum Gasteiger partial charge on any atom is 0.271 e. The van der Waals surface area contributed by atoms with Gasteiger partial charge in [-0.05, 0) is 73.9 Å². The van der Waals surface area contributed by atoms with Crippen LogP contribution in [0.2, 0.25) is 0 Å². The van der Waals surface area contributed by atoms with Crippen molar-refractivity contribution in [3.05, 3.63) is 82.2 Å². The number of nitrogens with two attached hydrogens (primary N) is 1. The molecule has 2 aliphatic carbocycles. The van der Waals surface area contributed by atoms with E-state index in [4.69, 9.17) is 10.8 Å². The summed E-state index contributed by atoms with van der Waals surface area (Å²) in [6.07, 6.45) is 5.26. The number of nitrogens with zero attached hydrogens (tertiary/aromatic N) is 4. The van der Waals surface area contributed by atoms with Gasteiger partial charge in [-0.2, -0.15) is 10.4 Å². The van der Waals surface area contributed by atoms with Crippen LogP contribution in [0.15, 0.2) is 43.0 Å². The molecule has 6 rings (SSSR count). The van der Waals surface area contributed by atoms with Crippen molar-refractivity contribution >= 4 is 17.4 Å². The molecule has 1 aliphatic heterocycles. The molecule has 3 aromatic rings. The first kappa shape index (κ1) is 27.6. The summed E-state index contributed by atoms with van der Waals surface area (Å²) in [6.45, 7) is 4.56. The van der Waals surface area contributed by atoms with E-state index < -0.39 is 29.4 Å². The smallest absolute Gasteiger partial charge is 0.271 e. The van der Waals surface area contributed by atoms with E-state index in [2.05, 4.69) is 6.58 Å². The Labute approximate surface area is 242 Å². The van der Waals surface area contributed by atoms with Crippen LogP contribution in [0.4, 0.5) is 14.5 Å². The Hall–Kier alpha value is -4.52. The van der Waals surface area contributed by atoms with Crippen LogP contribution in [0.5, 0.6) is 5.75 Å². The Bertz CT molecular complexity index is 1680. The molecule has 216 valence electrons. The van der Waals surface area contributed by atoms with Crippen molar-refractivity contribution in [1.29, 1.82) is 5.26 Å². The molecule has 0 bridgehead atoms. The first-order valence-electron chi connectivity index (χ1n) is 14.1. The molecule has 42 heavy (non-hydrogen) atoms. The van der Waals surface area contributed by atoms with E-state index in [-0.39, 0.29) is 34.9 Å². The van der Waals surface area contributed by atoms with Crippen LogP contribution in [-0.4, -0.2) is 38.0 Å². The van der Waals surface area contributed by atoms with Gasteiger partial charge in [0, 0.05) is 42.6 Å². The number of phenolic OH excluding ortho intramolecular Hbond substituents is 1. The van der Waals surface area contributed by atoms with Crippen molar-refractivity contribution in [3.8, 4) is 17.5 Å². The average Bonchev–Trinajstić information content (AvgIpc) is 3.77. The number of hydrogen-bond donors (Lipinski definition) is 2. The van der Waals surface area contributed by atoms with Crippen molar-refractivity contribution in [2.45, 2.75) is 63.3 Å². The Morgan fingerprint density at radius 3 is 2.62 bits per heavy atom. The number of allylic oxidation sites excluding steroid dienone is 1. The number of carbonyl (C=O) groups is 2. The van der Waals surface area contributed by atoms with E-state index in [9.17, 15) is 28.7 Å². The largest absolute Gasteiger partial charge is 0.506 e. The van der Waals surface area contributed by atoms with Gasteiger partial charge in [-0.3, -0.25) is 9.59 Å². The second-order valence-electron chi connectivity index (χ2n) is 11.6. The number of ketones is 1. The number of carbonyl (C=O) groups excluding carboxylic acids is 2. The number of aryl methyl sites for hydroxylation is 1. The minimum Gasteiger partial charge on any atom is -0.506 e. The van der Waals surface area contributed by atoms with Crippen molar-refractivity contribution < 1.29 is 23.5 Å². The fourth-order valence-electron chi connectivity index (χ4n) is 6.48. The highest BCUT2D eigenvalue weighted by Gasteiger charge is 2.42. The van der Waals surface area contributed by atoms with Gasteiger partial charge in [0.05, 0.1) is 34.6 Å². The molecule has 0 radical (unpaired) electrons. The zero-order chi connectivity index (χ0) is 29.9. The van der Waals surface area contributed by atoms with Gasteiger partial charge in [0.15, 0.2) is 5.78 Å². The van der Waals surface area contributed by atoms with Crippen LogP contribution >= 0.6 is 0 Å². The van der Waals surface area contributed by atoms with Gasteiger partial charge in [-0.25, -0.2) is 13.5 Å². The monoisotopic (exact) mass is 571 g/mol. The quantitative estimate of drug-likeness (QED) is 0.299. The van der Waals surface area contributed by atoms with Gasteiger partial charge >= 0.3 is 0 Å². The lowest BCUT2D eigenvalue weighted by atomic mass is 9.88. The molecule has 10 heteroatoms. The minimum atomic E-state index is -3.31. The number of aromatic nitrogens is 2. The number of benzene rings is 2. The summed E-state index contributed by atoms with van der Waals surface area (Å²) < 4.78 is 30.1. The molecule has 3 N–H and O–H groups in total. The highest BCUT2D eigenvalue weighted by atomic mass is 19.3. The van der Waals surface area contributed by atoms with Crippen LogP contribution in [0.1, 0.15) is 88.6 Å². The van der Waals surface area contributed by atoms with Crippen molar-refractivity contribution in [2.75, 3.05) is 12.3 Å². The number of amides is 1. The third-order valence-corrected chi connectivity index (χ3v) is 8.79. The minimum absolute atomic E-state index is 0.0407. The Kier molecular flexibility index (Phi) is 6.64. The molecule has 2 unspecified atom stereocenters. The molecule has 2 heterocycles. The number of alkyl halides is 2. The third kappa shape index (κ3) is 4.63. The lowest BCUT2D eigenvalue weighted by molar-refractivity contribution is -0.119. The van der Waals surface area contributed by atoms with Crippen LogP contribution < -0.4 is 5.73 Å². The van der Waals surface area contributed by atoms with E-state index >= 15 is 0 Å². The number of nitrogen functional groups attached to an aromatic ring is 1. The SMILES string of the molecule is C=CC(=O)C1CCc2nn(-c3ccc(C4CC4)cc3O)c3c2C(C1)N(C(=O)c1cc(C#N)c(C(C)(F)F)cc1N)CC3.